The number of fused-ring (bicyclic) bond motifs is 2. The summed E-state index contributed by atoms with van der Waals surface area (Å²) >= 11 is 0. The molecule has 0 fully saturated rings. The van der Waals surface area contributed by atoms with Gasteiger partial charge in [-0.2, -0.15) is 5.26 Å². The molecule has 248 valence electrons. The van der Waals surface area contributed by atoms with Crippen LogP contribution in [0.2, 0.25) is 0 Å². The zero-order valence-electron chi connectivity index (χ0n) is 28.1. The molecule has 2 aromatic rings. The zero-order valence-corrected chi connectivity index (χ0v) is 28.1. The molecule has 47 heavy (non-hydrogen) atoms. The fraction of sp³-hybridized carbons (Fsp3) is 0.444. The molecular weight excluding hydrogens is 604 g/mol. The number of benzene rings is 2. The van der Waals surface area contributed by atoms with Crippen LogP contribution in [-0.2, 0) is 34.6 Å². The van der Waals surface area contributed by atoms with E-state index in [0.717, 1.165) is 22.3 Å². The van der Waals surface area contributed by atoms with E-state index in [1.165, 1.54) is 14.2 Å². The summed E-state index contributed by atoms with van der Waals surface area (Å²) in [4.78, 5) is 29.4. The van der Waals surface area contributed by atoms with Gasteiger partial charge in [-0.25, -0.2) is 9.64 Å². The van der Waals surface area contributed by atoms with Gasteiger partial charge in [-0.15, -0.1) is 0 Å². The third-order valence-corrected chi connectivity index (χ3v) is 8.52. The van der Waals surface area contributed by atoms with Gasteiger partial charge in [-0.1, -0.05) is 27.7 Å². The van der Waals surface area contributed by atoms with E-state index in [2.05, 4.69) is 4.85 Å². The molecule has 2 aliphatic rings. The molecular formula is C36H40N2O9. The number of nitriles is 1. The molecule has 0 N–H and O–H groups in total. The SMILES string of the molecule is [C-]#[N+]/C(C(=O)OCCOCCOC(=O)/C(C#N)=C1\CC(C)(C)c2cc(OC)c(OC)cc21)=C1/CC(C)(C)c2cc(OC)c(OC)cc21. The van der Waals surface area contributed by atoms with Crippen molar-refractivity contribution in [2.75, 3.05) is 54.9 Å². The second kappa shape index (κ2) is 14.2. The predicted molar refractivity (Wildman–Crippen MR) is 173 cm³/mol. The third kappa shape index (κ3) is 6.91. The molecule has 0 saturated heterocycles. The van der Waals surface area contributed by atoms with E-state index >= 15 is 0 Å². The Morgan fingerprint density at radius 2 is 1.15 bits per heavy atom. The normalized spacial score (nSPS) is 17.3. The second-order valence-corrected chi connectivity index (χ2v) is 12.4. The summed E-state index contributed by atoms with van der Waals surface area (Å²) in [6, 6.07) is 9.34. The number of hydrogen-bond donors (Lipinski definition) is 0. The molecule has 0 aliphatic heterocycles. The molecule has 4 rings (SSSR count). The van der Waals surface area contributed by atoms with E-state index in [4.69, 9.17) is 39.7 Å². The number of allylic oxidation sites excluding steroid dienone is 2. The van der Waals surface area contributed by atoms with Crippen LogP contribution in [0.1, 0.15) is 62.8 Å². The quantitative estimate of drug-likeness (QED) is 0.0921. The van der Waals surface area contributed by atoms with Crippen LogP contribution in [0, 0.1) is 17.9 Å². The molecule has 0 saturated carbocycles. The molecule has 0 bridgehead atoms. The molecule has 2 aliphatic carbocycles. The molecule has 11 heteroatoms. The van der Waals surface area contributed by atoms with E-state index in [1.807, 2.05) is 45.9 Å². The van der Waals surface area contributed by atoms with Crippen LogP contribution in [0.25, 0.3) is 16.0 Å². The molecule has 0 spiro atoms. The van der Waals surface area contributed by atoms with Gasteiger partial charge in [-0.3, -0.25) is 4.79 Å². The molecule has 0 heterocycles. The van der Waals surface area contributed by atoms with Gasteiger partial charge < -0.3 is 33.2 Å². The maximum absolute atomic E-state index is 13.0. The second-order valence-electron chi connectivity index (χ2n) is 12.4. The molecule has 0 atom stereocenters. The highest BCUT2D eigenvalue weighted by Crippen LogP contribution is 2.51. The summed E-state index contributed by atoms with van der Waals surface area (Å²) in [5, 5.41) is 9.90. The molecule has 0 radical (unpaired) electrons. The van der Waals surface area contributed by atoms with Gasteiger partial charge in [0.05, 0.1) is 48.2 Å². The average molecular weight is 645 g/mol. The minimum atomic E-state index is -0.752. The lowest BCUT2D eigenvalue weighted by Gasteiger charge is -2.20. The Balaban J connectivity index is 1.34. The highest BCUT2D eigenvalue weighted by atomic mass is 16.6. The fourth-order valence-corrected chi connectivity index (χ4v) is 6.18. The minimum Gasteiger partial charge on any atom is -0.493 e. The van der Waals surface area contributed by atoms with Gasteiger partial charge in [0.25, 0.3) is 5.70 Å². The lowest BCUT2D eigenvalue weighted by molar-refractivity contribution is -0.141. The number of carbonyl (C=O) groups is 2. The number of ether oxygens (including phenoxy) is 7. The van der Waals surface area contributed by atoms with Crippen molar-refractivity contribution >= 4 is 23.1 Å². The lowest BCUT2D eigenvalue weighted by Crippen LogP contribution is -2.16. The van der Waals surface area contributed by atoms with Crippen molar-refractivity contribution in [2.45, 2.75) is 51.4 Å². The Bertz CT molecular complexity index is 1600. The molecule has 2 aromatic carbocycles. The van der Waals surface area contributed by atoms with E-state index in [0.29, 0.717) is 47.0 Å². The van der Waals surface area contributed by atoms with Gasteiger partial charge in [0.15, 0.2) is 23.0 Å². The van der Waals surface area contributed by atoms with Gasteiger partial charge in [0.1, 0.15) is 24.9 Å². The summed E-state index contributed by atoms with van der Waals surface area (Å²) < 4.78 is 38.0. The van der Waals surface area contributed by atoms with Gasteiger partial charge >= 0.3 is 11.9 Å². The largest absolute Gasteiger partial charge is 0.493 e. The van der Waals surface area contributed by atoms with Crippen LogP contribution >= 0.6 is 0 Å². The van der Waals surface area contributed by atoms with Crippen molar-refractivity contribution in [1.29, 1.82) is 5.26 Å². The van der Waals surface area contributed by atoms with E-state index in [9.17, 15) is 14.9 Å². The Hall–Kier alpha value is -5.00. The van der Waals surface area contributed by atoms with Crippen LogP contribution in [0.4, 0.5) is 0 Å². The summed E-state index contributed by atoms with van der Waals surface area (Å²) in [7, 11) is 6.18. The number of hydrogen-bond acceptors (Lipinski definition) is 10. The standard InChI is InChI=1S/C36H40N2O9/c1-35(2)18-23(21-14-28(41-6)30(43-8)16-26(21)35)25(20-37)33(39)46-12-10-45-11-13-47-34(40)32(38-5)24-19-36(3,4)27-17-31(44-9)29(42-7)15-22(24)27/h14-17H,10-13,18-19H2,1-4,6-9H3/b25-23+,32-24-. The summed E-state index contributed by atoms with van der Waals surface area (Å²) in [5.41, 5.74) is 3.73. The zero-order chi connectivity index (χ0) is 34.5. The van der Waals surface area contributed by atoms with Crippen LogP contribution in [0.15, 0.2) is 35.5 Å². The first-order valence-corrected chi connectivity index (χ1v) is 15.1. The predicted octanol–water partition coefficient (Wildman–Crippen LogP) is 5.79. The van der Waals surface area contributed by atoms with Crippen molar-refractivity contribution < 1.29 is 42.7 Å². The van der Waals surface area contributed by atoms with Crippen LogP contribution < -0.4 is 18.9 Å². The molecule has 0 aromatic heterocycles. The molecule has 0 unspecified atom stereocenters. The van der Waals surface area contributed by atoms with E-state index in [-0.39, 0.29) is 48.5 Å². The molecule has 11 nitrogen and oxygen atoms in total. The molecule has 0 amide bonds. The Morgan fingerprint density at radius 3 is 1.60 bits per heavy atom. The average Bonchev–Trinajstić information content (AvgIpc) is 3.46. The number of esters is 2. The van der Waals surface area contributed by atoms with Crippen molar-refractivity contribution in [1.82, 2.24) is 0 Å². The Labute approximate surface area is 275 Å². The maximum Gasteiger partial charge on any atom is 0.349 e. The lowest BCUT2D eigenvalue weighted by atomic mass is 9.86. The highest BCUT2D eigenvalue weighted by Gasteiger charge is 2.39. The first-order valence-electron chi connectivity index (χ1n) is 15.1. The van der Waals surface area contributed by atoms with Crippen LogP contribution in [-0.4, -0.2) is 66.8 Å². The Morgan fingerprint density at radius 1 is 0.723 bits per heavy atom. The number of carbonyl (C=O) groups excluding carboxylic acids is 2. The summed E-state index contributed by atoms with van der Waals surface area (Å²) in [5.74, 6) is 0.648. The van der Waals surface area contributed by atoms with Gasteiger partial charge in [0.2, 0.25) is 0 Å². The maximum atomic E-state index is 13.0. The first kappa shape index (κ1) is 34.9. The highest BCUT2D eigenvalue weighted by molar-refractivity contribution is 6.03. The minimum absolute atomic E-state index is 0.0182. The third-order valence-electron chi connectivity index (χ3n) is 8.52. The smallest absolute Gasteiger partial charge is 0.349 e. The monoisotopic (exact) mass is 644 g/mol. The first-order chi connectivity index (χ1) is 22.4. The Kier molecular flexibility index (Phi) is 10.5. The van der Waals surface area contributed by atoms with Gasteiger partial charge in [0, 0.05) is 0 Å². The van der Waals surface area contributed by atoms with Crippen LogP contribution in [0.3, 0.4) is 0 Å². The van der Waals surface area contributed by atoms with Crippen molar-refractivity contribution in [3.05, 3.63) is 69.2 Å². The van der Waals surface area contributed by atoms with Crippen LogP contribution in [0.5, 0.6) is 23.0 Å². The number of nitrogens with zero attached hydrogens (tertiary/aromatic N) is 2. The van der Waals surface area contributed by atoms with Gasteiger partial charge in [-0.05, 0) is 81.3 Å². The summed E-state index contributed by atoms with van der Waals surface area (Å²) in [6.07, 6.45) is 0.936. The van der Waals surface area contributed by atoms with E-state index in [1.54, 1.807) is 26.4 Å². The summed E-state index contributed by atoms with van der Waals surface area (Å²) in [6.45, 7) is 15.7. The van der Waals surface area contributed by atoms with Crippen molar-refractivity contribution in [3.8, 4) is 29.1 Å². The van der Waals surface area contributed by atoms with Crippen molar-refractivity contribution in [3.63, 3.8) is 0 Å². The van der Waals surface area contributed by atoms with Crippen molar-refractivity contribution in [2.24, 2.45) is 0 Å². The number of methoxy groups -OCH3 is 4. The number of rotatable bonds is 12. The topological polar surface area (TPSA) is 127 Å². The fourth-order valence-electron chi connectivity index (χ4n) is 6.18. The van der Waals surface area contributed by atoms with E-state index < -0.39 is 11.9 Å².